The van der Waals surface area contributed by atoms with Crippen LogP contribution in [0.25, 0.3) is 0 Å². The standard InChI is InChI=1S/C19H22ClN/c1-14-8-9-16(18(20)11-14)12-19(13-21)10-4-6-15-5-2-3-7-17(15)19/h2-3,5,7-9,11H,4,6,10,12-13,21H2,1H3. The third-order valence-electron chi connectivity index (χ3n) is 4.82. The van der Waals surface area contributed by atoms with E-state index in [9.17, 15) is 0 Å². The van der Waals surface area contributed by atoms with Crippen molar-refractivity contribution in [3.8, 4) is 0 Å². The highest BCUT2D eigenvalue weighted by Crippen LogP contribution is 2.40. The van der Waals surface area contributed by atoms with Gasteiger partial charge in [0.1, 0.15) is 0 Å². The summed E-state index contributed by atoms with van der Waals surface area (Å²) in [6.45, 7) is 2.75. The SMILES string of the molecule is Cc1ccc(CC2(CN)CCCc3ccccc32)c(Cl)c1. The van der Waals surface area contributed by atoms with Crippen LogP contribution in [-0.2, 0) is 18.3 Å². The summed E-state index contributed by atoms with van der Waals surface area (Å²) in [6, 6.07) is 15.1. The summed E-state index contributed by atoms with van der Waals surface area (Å²) in [7, 11) is 0. The lowest BCUT2D eigenvalue weighted by Crippen LogP contribution is -2.40. The van der Waals surface area contributed by atoms with Gasteiger partial charge in [-0.3, -0.25) is 0 Å². The molecule has 1 aliphatic rings. The van der Waals surface area contributed by atoms with Crippen molar-refractivity contribution in [2.75, 3.05) is 6.54 Å². The van der Waals surface area contributed by atoms with Gasteiger partial charge in [0, 0.05) is 17.0 Å². The van der Waals surface area contributed by atoms with Crippen molar-refractivity contribution < 1.29 is 0 Å². The Morgan fingerprint density at radius 2 is 2.00 bits per heavy atom. The molecule has 1 atom stereocenters. The molecule has 2 aromatic rings. The quantitative estimate of drug-likeness (QED) is 0.892. The molecule has 3 rings (SSSR count). The fourth-order valence-electron chi connectivity index (χ4n) is 3.64. The van der Waals surface area contributed by atoms with Gasteiger partial charge in [0.2, 0.25) is 0 Å². The molecule has 0 radical (unpaired) electrons. The fraction of sp³-hybridized carbons (Fsp3) is 0.368. The lowest BCUT2D eigenvalue weighted by molar-refractivity contribution is 0.366. The van der Waals surface area contributed by atoms with Gasteiger partial charge in [-0.1, -0.05) is 48.0 Å². The molecular weight excluding hydrogens is 278 g/mol. The second-order valence-corrected chi connectivity index (χ2v) is 6.67. The first kappa shape index (κ1) is 14.6. The fourth-order valence-corrected chi connectivity index (χ4v) is 3.94. The van der Waals surface area contributed by atoms with Crippen LogP contribution in [0.3, 0.4) is 0 Å². The van der Waals surface area contributed by atoms with Crippen molar-refractivity contribution in [2.24, 2.45) is 5.73 Å². The van der Waals surface area contributed by atoms with E-state index in [4.69, 9.17) is 17.3 Å². The minimum atomic E-state index is 0.0355. The van der Waals surface area contributed by atoms with E-state index in [1.807, 2.05) is 0 Å². The van der Waals surface area contributed by atoms with E-state index in [0.717, 1.165) is 17.9 Å². The van der Waals surface area contributed by atoms with Crippen molar-refractivity contribution in [1.29, 1.82) is 0 Å². The first-order valence-electron chi connectivity index (χ1n) is 7.68. The molecule has 0 aromatic heterocycles. The first-order chi connectivity index (χ1) is 10.1. The van der Waals surface area contributed by atoms with Crippen LogP contribution in [0.5, 0.6) is 0 Å². The second kappa shape index (κ2) is 5.82. The summed E-state index contributed by atoms with van der Waals surface area (Å²) < 4.78 is 0. The van der Waals surface area contributed by atoms with Gasteiger partial charge >= 0.3 is 0 Å². The van der Waals surface area contributed by atoms with Crippen molar-refractivity contribution in [1.82, 2.24) is 0 Å². The van der Waals surface area contributed by atoms with E-state index in [2.05, 4.69) is 49.4 Å². The average molecular weight is 300 g/mol. The largest absolute Gasteiger partial charge is 0.330 e. The predicted molar refractivity (Wildman–Crippen MR) is 90.0 cm³/mol. The van der Waals surface area contributed by atoms with Gasteiger partial charge in [-0.15, -0.1) is 0 Å². The van der Waals surface area contributed by atoms with Gasteiger partial charge in [0.15, 0.2) is 0 Å². The molecule has 21 heavy (non-hydrogen) atoms. The van der Waals surface area contributed by atoms with Gasteiger partial charge in [-0.25, -0.2) is 0 Å². The molecule has 2 aromatic carbocycles. The molecule has 1 nitrogen and oxygen atoms in total. The Kier molecular flexibility index (Phi) is 4.05. The molecule has 0 saturated heterocycles. The van der Waals surface area contributed by atoms with Crippen LogP contribution in [0.1, 0.15) is 35.1 Å². The Hall–Kier alpha value is -1.31. The number of nitrogens with two attached hydrogens (primary N) is 1. The molecule has 0 saturated carbocycles. The lowest BCUT2D eigenvalue weighted by Gasteiger charge is -2.39. The molecular formula is C19H22ClN. The zero-order valence-electron chi connectivity index (χ0n) is 12.5. The Labute approximate surface area is 132 Å². The highest BCUT2D eigenvalue weighted by Gasteiger charge is 2.35. The third kappa shape index (κ3) is 2.73. The Morgan fingerprint density at radius 3 is 2.76 bits per heavy atom. The summed E-state index contributed by atoms with van der Waals surface area (Å²) in [4.78, 5) is 0. The van der Waals surface area contributed by atoms with E-state index in [1.54, 1.807) is 0 Å². The van der Waals surface area contributed by atoms with Gasteiger partial charge in [-0.05, 0) is 60.9 Å². The summed E-state index contributed by atoms with van der Waals surface area (Å²) in [6.07, 6.45) is 4.45. The average Bonchev–Trinajstić information content (AvgIpc) is 2.50. The van der Waals surface area contributed by atoms with E-state index in [1.165, 1.54) is 35.1 Å². The van der Waals surface area contributed by atoms with E-state index < -0.39 is 0 Å². The molecule has 0 amide bonds. The summed E-state index contributed by atoms with van der Waals surface area (Å²) >= 11 is 6.45. The highest BCUT2D eigenvalue weighted by molar-refractivity contribution is 6.31. The Balaban J connectivity index is 2.02. The summed E-state index contributed by atoms with van der Waals surface area (Å²) in [5.41, 5.74) is 11.6. The van der Waals surface area contributed by atoms with E-state index >= 15 is 0 Å². The first-order valence-corrected chi connectivity index (χ1v) is 8.06. The maximum Gasteiger partial charge on any atom is 0.0440 e. The van der Waals surface area contributed by atoms with E-state index in [0.29, 0.717) is 6.54 Å². The van der Waals surface area contributed by atoms with Gasteiger partial charge in [0.05, 0.1) is 0 Å². The van der Waals surface area contributed by atoms with Crippen LogP contribution < -0.4 is 5.73 Å². The number of hydrogen-bond acceptors (Lipinski definition) is 1. The van der Waals surface area contributed by atoms with Crippen LogP contribution in [0.2, 0.25) is 5.02 Å². The van der Waals surface area contributed by atoms with Gasteiger partial charge < -0.3 is 5.73 Å². The molecule has 2 heteroatoms. The molecule has 0 spiro atoms. The van der Waals surface area contributed by atoms with Crippen LogP contribution >= 0.6 is 11.6 Å². The van der Waals surface area contributed by atoms with Crippen molar-refractivity contribution in [3.63, 3.8) is 0 Å². The summed E-state index contributed by atoms with van der Waals surface area (Å²) in [5.74, 6) is 0. The highest BCUT2D eigenvalue weighted by atomic mass is 35.5. The van der Waals surface area contributed by atoms with Crippen LogP contribution in [0.15, 0.2) is 42.5 Å². The number of aryl methyl sites for hydroxylation is 2. The molecule has 1 aliphatic carbocycles. The van der Waals surface area contributed by atoms with E-state index in [-0.39, 0.29) is 5.41 Å². The normalized spacial score (nSPS) is 21.1. The second-order valence-electron chi connectivity index (χ2n) is 6.27. The molecule has 110 valence electrons. The monoisotopic (exact) mass is 299 g/mol. The van der Waals surface area contributed by atoms with Crippen LogP contribution in [0.4, 0.5) is 0 Å². The number of rotatable bonds is 3. The zero-order valence-corrected chi connectivity index (χ0v) is 13.3. The number of fused-ring (bicyclic) bond motifs is 1. The molecule has 2 N–H and O–H groups in total. The smallest absolute Gasteiger partial charge is 0.0440 e. The van der Waals surface area contributed by atoms with Crippen molar-refractivity contribution >= 4 is 11.6 Å². The maximum atomic E-state index is 6.45. The Bertz CT molecular complexity index is 650. The predicted octanol–water partition coefficient (Wildman–Crippen LogP) is 4.42. The van der Waals surface area contributed by atoms with Crippen LogP contribution in [0, 0.1) is 6.92 Å². The van der Waals surface area contributed by atoms with Gasteiger partial charge in [-0.2, -0.15) is 0 Å². The number of halogens is 1. The Morgan fingerprint density at radius 1 is 1.19 bits per heavy atom. The van der Waals surface area contributed by atoms with Gasteiger partial charge in [0.25, 0.3) is 0 Å². The summed E-state index contributed by atoms with van der Waals surface area (Å²) in [5, 5.41) is 0.867. The molecule has 0 aliphatic heterocycles. The zero-order chi connectivity index (χ0) is 14.9. The molecule has 0 bridgehead atoms. The molecule has 1 unspecified atom stereocenters. The molecule has 0 heterocycles. The topological polar surface area (TPSA) is 26.0 Å². The maximum absolute atomic E-state index is 6.45. The number of benzene rings is 2. The minimum absolute atomic E-state index is 0.0355. The third-order valence-corrected chi connectivity index (χ3v) is 5.17. The minimum Gasteiger partial charge on any atom is -0.330 e. The number of hydrogen-bond donors (Lipinski definition) is 1. The van der Waals surface area contributed by atoms with Crippen LogP contribution in [-0.4, -0.2) is 6.54 Å². The molecule has 0 fully saturated rings. The lowest BCUT2D eigenvalue weighted by atomic mass is 9.67. The van der Waals surface area contributed by atoms with Crippen molar-refractivity contribution in [2.45, 2.75) is 38.0 Å². The van der Waals surface area contributed by atoms with Crippen molar-refractivity contribution in [3.05, 3.63) is 69.7 Å².